The molecule has 1 heterocycles. The number of aldehydes is 1. The lowest BCUT2D eigenvalue weighted by molar-refractivity contribution is -0.132. The number of hydrogen-bond donors (Lipinski definition) is 1. The van der Waals surface area contributed by atoms with Gasteiger partial charge in [0.1, 0.15) is 12.3 Å². The van der Waals surface area contributed by atoms with E-state index in [-0.39, 0.29) is 12.8 Å². The standard InChI is InChI=1S/C4H5F2NO/c5-4(6)2-7-3(4)1-8/h1,3,7H,2H2. The summed E-state index contributed by atoms with van der Waals surface area (Å²) in [5.41, 5.74) is 0. The van der Waals surface area contributed by atoms with Gasteiger partial charge in [0.05, 0.1) is 6.54 Å². The maximum atomic E-state index is 11.9. The lowest BCUT2D eigenvalue weighted by Gasteiger charge is -2.33. The molecular weight excluding hydrogens is 116 g/mol. The summed E-state index contributed by atoms with van der Waals surface area (Å²) in [6.45, 7) is -0.365. The van der Waals surface area contributed by atoms with Crippen molar-refractivity contribution < 1.29 is 13.6 Å². The fraction of sp³-hybridized carbons (Fsp3) is 0.750. The Balaban J connectivity index is 2.49. The molecule has 0 saturated carbocycles. The van der Waals surface area contributed by atoms with E-state index in [9.17, 15) is 13.6 Å². The number of carbonyl (C=O) groups excluding carboxylic acids is 1. The van der Waals surface area contributed by atoms with Gasteiger partial charge in [-0.15, -0.1) is 0 Å². The Bertz CT molecular complexity index is 115. The Morgan fingerprint density at radius 2 is 2.38 bits per heavy atom. The first-order chi connectivity index (χ1) is 3.67. The van der Waals surface area contributed by atoms with Crippen molar-refractivity contribution in [3.05, 3.63) is 0 Å². The molecule has 0 aliphatic carbocycles. The van der Waals surface area contributed by atoms with Crippen LogP contribution in [0, 0.1) is 0 Å². The number of nitrogens with one attached hydrogen (secondary N) is 1. The monoisotopic (exact) mass is 121 g/mol. The molecule has 0 radical (unpaired) electrons. The predicted octanol–water partition coefficient (Wildman–Crippen LogP) is -0.208. The van der Waals surface area contributed by atoms with Gasteiger partial charge in [-0.1, -0.05) is 0 Å². The normalized spacial score (nSPS) is 33.5. The summed E-state index contributed by atoms with van der Waals surface area (Å²) in [5.74, 6) is -2.79. The largest absolute Gasteiger partial charge is 0.301 e. The van der Waals surface area contributed by atoms with Gasteiger partial charge in [0.15, 0.2) is 0 Å². The average molecular weight is 121 g/mol. The molecule has 46 valence electrons. The van der Waals surface area contributed by atoms with Crippen molar-refractivity contribution in [3.63, 3.8) is 0 Å². The molecule has 0 aromatic heterocycles. The molecule has 8 heavy (non-hydrogen) atoms. The second-order valence-corrected chi connectivity index (χ2v) is 1.76. The SMILES string of the molecule is O=CC1NCC1(F)F. The van der Waals surface area contributed by atoms with Crippen LogP contribution >= 0.6 is 0 Å². The Labute approximate surface area is 44.9 Å². The summed E-state index contributed by atoms with van der Waals surface area (Å²) >= 11 is 0. The molecule has 0 aromatic rings. The smallest absolute Gasteiger partial charge is 0.282 e. The highest BCUT2D eigenvalue weighted by atomic mass is 19.3. The van der Waals surface area contributed by atoms with Gasteiger partial charge >= 0.3 is 0 Å². The lowest BCUT2D eigenvalue weighted by Crippen LogP contribution is -2.63. The lowest BCUT2D eigenvalue weighted by atomic mass is 10.0. The molecule has 1 rings (SSSR count). The van der Waals surface area contributed by atoms with Crippen LogP contribution in [0.1, 0.15) is 0 Å². The maximum Gasteiger partial charge on any atom is 0.282 e. The third kappa shape index (κ3) is 0.608. The summed E-state index contributed by atoms with van der Waals surface area (Å²) in [7, 11) is 0. The third-order valence-electron chi connectivity index (χ3n) is 1.15. The van der Waals surface area contributed by atoms with E-state index in [0.717, 1.165) is 0 Å². The van der Waals surface area contributed by atoms with Crippen molar-refractivity contribution >= 4 is 6.29 Å². The highest BCUT2D eigenvalue weighted by molar-refractivity contribution is 5.61. The van der Waals surface area contributed by atoms with E-state index in [1.807, 2.05) is 0 Å². The first-order valence-corrected chi connectivity index (χ1v) is 2.23. The number of hydrogen-bond acceptors (Lipinski definition) is 2. The Hall–Kier alpha value is -0.510. The summed E-state index contributed by atoms with van der Waals surface area (Å²) in [6.07, 6.45) is 0.226. The quantitative estimate of drug-likeness (QED) is 0.486. The Kier molecular flexibility index (Phi) is 1.04. The summed E-state index contributed by atoms with van der Waals surface area (Å²) in [6, 6.07) is -1.23. The molecule has 1 saturated heterocycles. The summed E-state index contributed by atoms with van der Waals surface area (Å²) in [4.78, 5) is 9.66. The molecule has 1 unspecified atom stereocenters. The number of carbonyl (C=O) groups is 1. The highest BCUT2D eigenvalue weighted by Gasteiger charge is 2.47. The third-order valence-corrected chi connectivity index (χ3v) is 1.15. The first-order valence-electron chi connectivity index (χ1n) is 2.23. The van der Waals surface area contributed by atoms with Crippen molar-refractivity contribution in [3.8, 4) is 0 Å². The van der Waals surface area contributed by atoms with E-state index in [0.29, 0.717) is 0 Å². The summed E-state index contributed by atoms with van der Waals surface area (Å²) in [5, 5.41) is 2.27. The molecule has 1 N–H and O–H groups in total. The molecular formula is C4H5F2NO. The number of rotatable bonds is 1. The molecule has 1 fully saturated rings. The van der Waals surface area contributed by atoms with Gasteiger partial charge in [0.25, 0.3) is 5.92 Å². The van der Waals surface area contributed by atoms with E-state index in [1.54, 1.807) is 0 Å². The molecule has 0 amide bonds. The molecule has 2 nitrogen and oxygen atoms in total. The second-order valence-electron chi connectivity index (χ2n) is 1.76. The van der Waals surface area contributed by atoms with Crippen molar-refractivity contribution in [2.45, 2.75) is 12.0 Å². The molecule has 0 aromatic carbocycles. The van der Waals surface area contributed by atoms with Crippen LogP contribution in [-0.4, -0.2) is 24.8 Å². The number of halogens is 2. The van der Waals surface area contributed by atoms with Crippen molar-refractivity contribution in [1.29, 1.82) is 0 Å². The maximum absolute atomic E-state index is 11.9. The van der Waals surface area contributed by atoms with E-state index < -0.39 is 12.0 Å². The van der Waals surface area contributed by atoms with Crippen LogP contribution in [0.15, 0.2) is 0 Å². The van der Waals surface area contributed by atoms with Gasteiger partial charge in [0, 0.05) is 0 Å². The minimum absolute atomic E-state index is 0.226. The molecule has 1 aliphatic rings. The van der Waals surface area contributed by atoms with E-state index in [1.165, 1.54) is 0 Å². The fourth-order valence-electron chi connectivity index (χ4n) is 0.522. The van der Waals surface area contributed by atoms with Crippen LogP contribution in [0.25, 0.3) is 0 Å². The van der Waals surface area contributed by atoms with E-state index >= 15 is 0 Å². The van der Waals surface area contributed by atoms with Crippen molar-refractivity contribution in [2.75, 3.05) is 6.54 Å². The first kappa shape index (κ1) is 5.62. The molecule has 0 spiro atoms. The predicted molar refractivity (Wildman–Crippen MR) is 22.8 cm³/mol. The zero-order valence-electron chi connectivity index (χ0n) is 4.03. The van der Waals surface area contributed by atoms with Crippen LogP contribution in [0.3, 0.4) is 0 Å². The van der Waals surface area contributed by atoms with Crippen molar-refractivity contribution in [1.82, 2.24) is 5.32 Å². The zero-order chi connectivity index (χ0) is 6.20. The minimum Gasteiger partial charge on any atom is -0.301 e. The van der Waals surface area contributed by atoms with Gasteiger partial charge in [0.2, 0.25) is 0 Å². The van der Waals surface area contributed by atoms with E-state index in [4.69, 9.17) is 0 Å². The van der Waals surface area contributed by atoms with Crippen LogP contribution < -0.4 is 5.32 Å². The van der Waals surface area contributed by atoms with Crippen LogP contribution in [0.2, 0.25) is 0 Å². The molecule has 1 aliphatic heterocycles. The van der Waals surface area contributed by atoms with Gasteiger partial charge in [-0.25, -0.2) is 8.78 Å². The Morgan fingerprint density at radius 1 is 1.75 bits per heavy atom. The minimum atomic E-state index is -2.79. The van der Waals surface area contributed by atoms with Gasteiger partial charge in [-0.05, 0) is 0 Å². The van der Waals surface area contributed by atoms with Gasteiger partial charge < -0.3 is 4.79 Å². The number of alkyl halides is 2. The van der Waals surface area contributed by atoms with E-state index in [2.05, 4.69) is 5.32 Å². The Morgan fingerprint density at radius 3 is 2.38 bits per heavy atom. The van der Waals surface area contributed by atoms with Crippen LogP contribution in [0.4, 0.5) is 8.78 Å². The summed E-state index contributed by atoms with van der Waals surface area (Å²) < 4.78 is 23.8. The average Bonchev–Trinajstić information content (AvgIpc) is 1.66. The van der Waals surface area contributed by atoms with Gasteiger partial charge in [-0.2, -0.15) is 0 Å². The highest BCUT2D eigenvalue weighted by Crippen LogP contribution is 2.23. The topological polar surface area (TPSA) is 29.1 Å². The van der Waals surface area contributed by atoms with Crippen LogP contribution in [0.5, 0.6) is 0 Å². The van der Waals surface area contributed by atoms with Crippen molar-refractivity contribution in [2.24, 2.45) is 0 Å². The molecule has 4 heteroatoms. The molecule has 0 bridgehead atoms. The van der Waals surface area contributed by atoms with Crippen LogP contribution in [-0.2, 0) is 4.79 Å². The fourth-order valence-corrected chi connectivity index (χ4v) is 0.522. The zero-order valence-corrected chi connectivity index (χ0v) is 4.03. The molecule has 1 atom stereocenters. The van der Waals surface area contributed by atoms with Gasteiger partial charge in [-0.3, -0.25) is 5.32 Å². The second kappa shape index (κ2) is 1.48.